The first kappa shape index (κ1) is 16.7. The number of carbonyl (C=O) groups excluding carboxylic acids is 1. The summed E-state index contributed by atoms with van der Waals surface area (Å²) in [4.78, 5) is 14.1. The van der Waals surface area contributed by atoms with E-state index in [9.17, 15) is 13.2 Å². The number of hydrogen-bond donors (Lipinski definition) is 1. The molecule has 5 nitrogen and oxygen atoms in total. The van der Waals surface area contributed by atoms with Crippen LogP contribution < -0.4 is 4.72 Å². The fourth-order valence-electron chi connectivity index (χ4n) is 2.86. The summed E-state index contributed by atoms with van der Waals surface area (Å²) in [6.07, 6.45) is 0.500. The van der Waals surface area contributed by atoms with E-state index in [4.69, 9.17) is 0 Å². The average molecular weight is 344 g/mol. The summed E-state index contributed by atoms with van der Waals surface area (Å²) in [5.74, 6) is -0.272. The Kier molecular flexibility index (Phi) is 4.97. The quantitative estimate of drug-likeness (QED) is 0.870. The van der Waals surface area contributed by atoms with E-state index in [-0.39, 0.29) is 11.7 Å². The molecule has 3 rings (SSSR count). The highest BCUT2D eigenvalue weighted by Gasteiger charge is 2.34. The fourth-order valence-corrected chi connectivity index (χ4v) is 4.23. The number of hydrogen-bond acceptors (Lipinski definition) is 3. The number of rotatable bonds is 6. The molecule has 0 spiro atoms. The Bertz CT molecular complexity index is 792. The Morgan fingerprint density at radius 3 is 2.17 bits per heavy atom. The molecule has 1 atom stereocenters. The lowest BCUT2D eigenvalue weighted by atomic mass is 10.2. The van der Waals surface area contributed by atoms with Gasteiger partial charge in [0.1, 0.15) is 6.04 Å². The van der Waals surface area contributed by atoms with E-state index in [0.717, 1.165) is 5.56 Å². The molecule has 6 heteroatoms. The second-order valence-electron chi connectivity index (χ2n) is 5.95. The van der Waals surface area contributed by atoms with Gasteiger partial charge in [0.05, 0.1) is 5.75 Å². The minimum Gasteiger partial charge on any atom is -0.337 e. The molecule has 0 saturated carbocycles. The van der Waals surface area contributed by atoms with Crippen molar-refractivity contribution in [1.82, 2.24) is 9.62 Å². The molecule has 1 saturated heterocycles. The van der Waals surface area contributed by atoms with Gasteiger partial charge >= 0.3 is 0 Å². The first-order chi connectivity index (χ1) is 11.5. The van der Waals surface area contributed by atoms with E-state index in [1.54, 1.807) is 29.2 Å². The maximum absolute atomic E-state index is 12.4. The van der Waals surface area contributed by atoms with Gasteiger partial charge in [0.15, 0.2) is 0 Å². The molecule has 126 valence electrons. The molecule has 2 aromatic rings. The zero-order valence-electron chi connectivity index (χ0n) is 13.3. The Morgan fingerprint density at radius 1 is 0.958 bits per heavy atom. The normalized spacial score (nSPS) is 18.1. The molecule has 0 aliphatic carbocycles. The van der Waals surface area contributed by atoms with Gasteiger partial charge in [-0.05, 0) is 17.5 Å². The molecule has 24 heavy (non-hydrogen) atoms. The predicted octanol–water partition coefficient (Wildman–Crippen LogP) is 1.91. The highest BCUT2D eigenvalue weighted by atomic mass is 32.2. The van der Waals surface area contributed by atoms with Gasteiger partial charge in [-0.2, -0.15) is 0 Å². The van der Waals surface area contributed by atoms with E-state index in [0.29, 0.717) is 25.1 Å². The smallest absolute Gasteiger partial charge is 0.241 e. The van der Waals surface area contributed by atoms with Gasteiger partial charge in [0.2, 0.25) is 15.9 Å². The van der Waals surface area contributed by atoms with Crippen LogP contribution in [-0.4, -0.2) is 31.8 Å². The molecular formula is C18H20N2O3S. The van der Waals surface area contributed by atoms with Crippen LogP contribution in [0, 0.1) is 0 Å². The van der Waals surface area contributed by atoms with Crippen molar-refractivity contribution in [3.8, 4) is 0 Å². The molecule has 0 bridgehead atoms. The highest BCUT2D eigenvalue weighted by Crippen LogP contribution is 2.16. The van der Waals surface area contributed by atoms with Crippen LogP contribution in [0.25, 0.3) is 0 Å². The number of carbonyl (C=O) groups is 1. The van der Waals surface area contributed by atoms with Gasteiger partial charge in [-0.15, -0.1) is 0 Å². The lowest BCUT2D eigenvalue weighted by molar-refractivity contribution is -0.129. The van der Waals surface area contributed by atoms with Gasteiger partial charge in [-0.3, -0.25) is 4.79 Å². The molecule has 1 N–H and O–H groups in total. The van der Waals surface area contributed by atoms with Gasteiger partial charge in [-0.25, -0.2) is 13.1 Å². The van der Waals surface area contributed by atoms with Crippen LogP contribution >= 0.6 is 0 Å². The van der Waals surface area contributed by atoms with Crippen LogP contribution in [0.3, 0.4) is 0 Å². The average Bonchev–Trinajstić information content (AvgIpc) is 2.89. The van der Waals surface area contributed by atoms with Crippen molar-refractivity contribution < 1.29 is 13.2 Å². The Morgan fingerprint density at radius 2 is 1.54 bits per heavy atom. The number of nitrogens with zero attached hydrogens (tertiary/aromatic N) is 1. The van der Waals surface area contributed by atoms with Crippen molar-refractivity contribution in [1.29, 1.82) is 0 Å². The first-order valence-electron chi connectivity index (χ1n) is 7.90. The number of likely N-dealkylation sites (tertiary alicyclic amines) is 1. The zero-order valence-corrected chi connectivity index (χ0v) is 14.1. The number of amides is 1. The van der Waals surface area contributed by atoms with Crippen LogP contribution in [0.5, 0.6) is 0 Å². The highest BCUT2D eigenvalue weighted by molar-refractivity contribution is 7.88. The van der Waals surface area contributed by atoms with E-state index in [1.165, 1.54) is 0 Å². The van der Waals surface area contributed by atoms with Crippen LogP contribution in [0.2, 0.25) is 0 Å². The molecule has 1 unspecified atom stereocenters. The summed E-state index contributed by atoms with van der Waals surface area (Å²) in [5, 5.41) is 0. The summed E-state index contributed by atoms with van der Waals surface area (Å²) < 4.78 is 27.1. The minimum atomic E-state index is -3.54. The summed E-state index contributed by atoms with van der Waals surface area (Å²) in [6, 6.07) is 18.0. The van der Waals surface area contributed by atoms with E-state index in [2.05, 4.69) is 4.72 Å². The standard InChI is InChI=1S/C18H20N2O3S/c21-18-17(11-12-20(18)13-15-7-3-1-4-8-15)19-24(22,23)14-16-9-5-2-6-10-16/h1-10,17,19H,11-14H2. The SMILES string of the molecule is O=C1C(NS(=O)(=O)Cc2ccccc2)CCN1Cc1ccccc1. The minimum absolute atomic E-state index is 0.115. The molecule has 2 aromatic carbocycles. The summed E-state index contributed by atoms with van der Waals surface area (Å²) in [5.41, 5.74) is 1.75. The van der Waals surface area contributed by atoms with Crippen molar-refractivity contribution in [2.24, 2.45) is 0 Å². The Hall–Kier alpha value is -2.18. The summed E-state index contributed by atoms with van der Waals surface area (Å²) in [6.45, 7) is 1.07. The van der Waals surface area contributed by atoms with E-state index >= 15 is 0 Å². The topological polar surface area (TPSA) is 66.5 Å². The largest absolute Gasteiger partial charge is 0.337 e. The second-order valence-corrected chi connectivity index (χ2v) is 7.70. The Balaban J connectivity index is 1.61. The number of nitrogens with one attached hydrogen (secondary N) is 1. The van der Waals surface area contributed by atoms with Gasteiger partial charge < -0.3 is 4.90 Å². The van der Waals surface area contributed by atoms with E-state index < -0.39 is 16.1 Å². The molecule has 1 fully saturated rings. The first-order valence-corrected chi connectivity index (χ1v) is 9.55. The molecule has 1 amide bonds. The lowest BCUT2D eigenvalue weighted by Gasteiger charge is -2.17. The van der Waals surface area contributed by atoms with Gasteiger partial charge in [0, 0.05) is 13.1 Å². The summed E-state index contributed by atoms with van der Waals surface area (Å²) >= 11 is 0. The van der Waals surface area contributed by atoms with E-state index in [1.807, 2.05) is 36.4 Å². The third-order valence-corrected chi connectivity index (χ3v) is 5.39. The van der Waals surface area contributed by atoms with Crippen molar-refractivity contribution in [3.63, 3.8) is 0 Å². The third-order valence-electron chi connectivity index (χ3n) is 4.04. The van der Waals surface area contributed by atoms with Crippen molar-refractivity contribution >= 4 is 15.9 Å². The summed E-state index contributed by atoms with van der Waals surface area (Å²) in [7, 11) is -3.54. The molecule has 1 aliphatic rings. The van der Waals surface area contributed by atoms with Crippen LogP contribution in [0.1, 0.15) is 17.5 Å². The van der Waals surface area contributed by atoms with Crippen molar-refractivity contribution in [2.75, 3.05) is 6.54 Å². The maximum atomic E-state index is 12.4. The predicted molar refractivity (Wildman–Crippen MR) is 92.5 cm³/mol. The van der Waals surface area contributed by atoms with Crippen molar-refractivity contribution in [3.05, 3.63) is 71.8 Å². The lowest BCUT2D eigenvalue weighted by Crippen LogP contribution is -2.41. The molecule has 0 aromatic heterocycles. The maximum Gasteiger partial charge on any atom is 0.241 e. The zero-order chi connectivity index (χ0) is 17.0. The number of benzene rings is 2. The monoisotopic (exact) mass is 344 g/mol. The second kappa shape index (κ2) is 7.15. The van der Waals surface area contributed by atoms with Gasteiger partial charge in [-0.1, -0.05) is 60.7 Å². The third kappa shape index (κ3) is 4.21. The van der Waals surface area contributed by atoms with Gasteiger partial charge in [0.25, 0.3) is 0 Å². The molecular weight excluding hydrogens is 324 g/mol. The van der Waals surface area contributed by atoms with Crippen LogP contribution in [0.4, 0.5) is 0 Å². The van der Waals surface area contributed by atoms with Crippen LogP contribution in [-0.2, 0) is 27.1 Å². The van der Waals surface area contributed by atoms with Crippen LogP contribution in [0.15, 0.2) is 60.7 Å². The fraction of sp³-hybridized carbons (Fsp3) is 0.278. The Labute approximate surface area is 142 Å². The molecule has 1 aliphatic heterocycles. The molecule has 1 heterocycles. The molecule has 0 radical (unpaired) electrons. The van der Waals surface area contributed by atoms with Crippen molar-refractivity contribution in [2.45, 2.75) is 24.8 Å². The number of sulfonamides is 1.